The topological polar surface area (TPSA) is 24.9 Å². The molecule has 6 aromatic carbocycles. The molecule has 1 aliphatic heterocycles. The molecule has 2 heterocycles. The number of rotatable bonds is 4. The van der Waals surface area contributed by atoms with E-state index < -0.39 is 0 Å². The number of nitrogens with zero attached hydrogens (tertiary/aromatic N) is 1. The normalized spacial score (nSPS) is 12.9. The van der Waals surface area contributed by atoms with Gasteiger partial charge in [0.25, 0.3) is 0 Å². The molecule has 43 heavy (non-hydrogen) atoms. The molecule has 0 bridgehead atoms. The molecule has 0 amide bonds. The van der Waals surface area contributed by atoms with Crippen LogP contribution in [0.1, 0.15) is 11.3 Å². The van der Waals surface area contributed by atoms with Crippen molar-refractivity contribution in [3.05, 3.63) is 157 Å². The van der Waals surface area contributed by atoms with Crippen LogP contribution in [0.5, 0.6) is 0 Å². The Hall–Kier alpha value is -5.47. The summed E-state index contributed by atoms with van der Waals surface area (Å²) in [6.07, 6.45) is 8.25. The van der Waals surface area contributed by atoms with E-state index in [9.17, 15) is 0 Å². The largest absolute Gasteiger partial charge is 0.387 e. The van der Waals surface area contributed by atoms with Crippen LogP contribution in [0.3, 0.4) is 0 Å². The van der Waals surface area contributed by atoms with Gasteiger partial charge in [-0.05, 0) is 85.3 Å². The average Bonchev–Trinajstić information content (AvgIpc) is 3.07. The molecule has 0 saturated carbocycles. The van der Waals surface area contributed by atoms with Gasteiger partial charge in [0.05, 0.1) is 5.69 Å². The quantitative estimate of drug-likeness (QED) is 0.221. The predicted molar refractivity (Wildman–Crippen MR) is 183 cm³/mol. The van der Waals surface area contributed by atoms with Gasteiger partial charge in [0.2, 0.25) is 0 Å². The summed E-state index contributed by atoms with van der Waals surface area (Å²) in [5, 5.41) is 10.8. The second kappa shape index (κ2) is 10.4. The lowest BCUT2D eigenvalue weighted by molar-refractivity contribution is 0.974. The minimum Gasteiger partial charge on any atom is -0.387 e. The van der Waals surface area contributed by atoms with Crippen molar-refractivity contribution in [3.8, 4) is 33.4 Å². The van der Waals surface area contributed by atoms with E-state index in [1.807, 2.05) is 12.4 Å². The van der Waals surface area contributed by atoms with Crippen molar-refractivity contribution in [1.82, 2.24) is 10.3 Å². The van der Waals surface area contributed by atoms with Crippen LogP contribution in [-0.2, 0) is 0 Å². The third-order valence-electron chi connectivity index (χ3n) is 8.55. The highest BCUT2D eigenvalue weighted by Gasteiger charge is 2.17. The van der Waals surface area contributed by atoms with Crippen molar-refractivity contribution in [2.24, 2.45) is 0 Å². The van der Waals surface area contributed by atoms with E-state index in [2.05, 4.69) is 146 Å². The summed E-state index contributed by atoms with van der Waals surface area (Å²) in [6.45, 7) is 3.03. The highest BCUT2D eigenvalue weighted by Crippen LogP contribution is 2.44. The molecule has 0 spiro atoms. The number of aromatic nitrogens is 1. The number of allylic oxidation sites excluding steroid dienone is 2. The number of hydrogen-bond acceptors (Lipinski definition) is 2. The number of hydrogen-bond donors (Lipinski definition) is 1. The monoisotopic (exact) mass is 550 g/mol. The molecule has 7 aromatic rings. The Labute approximate surface area is 251 Å². The molecule has 1 aromatic heterocycles. The summed E-state index contributed by atoms with van der Waals surface area (Å²) in [5.74, 6) is 0. The van der Waals surface area contributed by atoms with Gasteiger partial charge in [0.15, 0.2) is 0 Å². The van der Waals surface area contributed by atoms with E-state index >= 15 is 0 Å². The van der Waals surface area contributed by atoms with E-state index in [0.29, 0.717) is 0 Å². The van der Waals surface area contributed by atoms with Crippen molar-refractivity contribution < 1.29 is 0 Å². The van der Waals surface area contributed by atoms with Gasteiger partial charge in [-0.3, -0.25) is 4.98 Å². The van der Waals surface area contributed by atoms with E-state index in [0.717, 1.165) is 23.4 Å². The first-order chi connectivity index (χ1) is 21.2. The zero-order valence-corrected chi connectivity index (χ0v) is 24.0. The molecule has 0 fully saturated rings. The lowest BCUT2D eigenvalue weighted by atomic mass is 9.85. The Kier molecular flexibility index (Phi) is 6.12. The van der Waals surface area contributed by atoms with Crippen LogP contribution in [0, 0.1) is 6.92 Å². The Bertz CT molecular complexity index is 2180. The van der Waals surface area contributed by atoms with Crippen molar-refractivity contribution in [2.75, 3.05) is 6.54 Å². The fourth-order valence-electron chi connectivity index (χ4n) is 6.50. The van der Waals surface area contributed by atoms with Crippen molar-refractivity contribution >= 4 is 37.9 Å². The second-order valence-corrected chi connectivity index (χ2v) is 11.3. The summed E-state index contributed by atoms with van der Waals surface area (Å²) in [7, 11) is 0. The SMILES string of the molecule is Cc1cccc(-c2c3ccccc3c(-c3ccc4ccc(-c5ccc(C6=CNCC=C6)nc5)cc4c3)c3ccccc23)c1. The van der Waals surface area contributed by atoms with Crippen molar-refractivity contribution in [2.45, 2.75) is 6.92 Å². The van der Waals surface area contributed by atoms with Gasteiger partial charge < -0.3 is 5.32 Å². The molecule has 0 aliphatic carbocycles. The maximum atomic E-state index is 4.77. The molecule has 0 radical (unpaired) electrons. The number of dihydropyridines is 1. The Morgan fingerprint density at radius 3 is 1.79 bits per heavy atom. The summed E-state index contributed by atoms with van der Waals surface area (Å²) in [4.78, 5) is 4.77. The second-order valence-electron chi connectivity index (χ2n) is 11.3. The minimum absolute atomic E-state index is 0.864. The van der Waals surface area contributed by atoms with E-state index in [4.69, 9.17) is 4.98 Å². The Morgan fingerprint density at radius 1 is 0.558 bits per heavy atom. The van der Waals surface area contributed by atoms with Gasteiger partial charge in [-0.25, -0.2) is 0 Å². The molecule has 204 valence electrons. The van der Waals surface area contributed by atoms with Gasteiger partial charge in [-0.2, -0.15) is 0 Å². The van der Waals surface area contributed by atoms with Crippen LogP contribution in [0.2, 0.25) is 0 Å². The minimum atomic E-state index is 0.864. The maximum absolute atomic E-state index is 4.77. The standard InChI is InChI=1S/C41H30N2/c1-27-8-6-9-30(22-27)40-35-11-2-4-13-37(35)41(38-14-5-3-12-36(38)40)31-18-16-28-15-17-29(23-34(28)24-31)32-19-20-39(43-26-32)33-10-7-21-42-25-33/h2-20,22-26,42H,21H2,1H3. The molecule has 0 atom stereocenters. The first-order valence-corrected chi connectivity index (χ1v) is 14.8. The number of pyridine rings is 1. The van der Waals surface area contributed by atoms with Crippen LogP contribution in [0.15, 0.2) is 146 Å². The lowest BCUT2D eigenvalue weighted by Crippen LogP contribution is -2.09. The predicted octanol–water partition coefficient (Wildman–Crippen LogP) is 10.4. The van der Waals surface area contributed by atoms with E-state index in [1.165, 1.54) is 65.7 Å². The van der Waals surface area contributed by atoms with E-state index in [1.54, 1.807) is 0 Å². The first kappa shape index (κ1) is 25.3. The Balaban J connectivity index is 1.29. The smallest absolute Gasteiger partial charge is 0.0716 e. The van der Waals surface area contributed by atoms with Gasteiger partial charge in [0.1, 0.15) is 0 Å². The first-order valence-electron chi connectivity index (χ1n) is 14.8. The van der Waals surface area contributed by atoms with Crippen LogP contribution < -0.4 is 5.32 Å². The van der Waals surface area contributed by atoms with Gasteiger partial charge in [-0.1, -0.05) is 121 Å². The number of fused-ring (bicyclic) bond motifs is 3. The Morgan fingerprint density at radius 2 is 1.19 bits per heavy atom. The molecular weight excluding hydrogens is 520 g/mol. The summed E-state index contributed by atoms with van der Waals surface area (Å²) >= 11 is 0. The highest BCUT2D eigenvalue weighted by molar-refractivity contribution is 6.21. The molecule has 0 saturated heterocycles. The fraction of sp³-hybridized carbons (Fsp3) is 0.0488. The van der Waals surface area contributed by atoms with Crippen LogP contribution in [0.25, 0.3) is 71.3 Å². The zero-order chi connectivity index (χ0) is 28.8. The summed E-state index contributed by atoms with van der Waals surface area (Å²) in [5.41, 5.74) is 10.7. The molecular formula is C41H30N2. The summed E-state index contributed by atoms with van der Waals surface area (Å²) < 4.78 is 0. The van der Waals surface area contributed by atoms with Gasteiger partial charge in [-0.15, -0.1) is 0 Å². The number of benzene rings is 6. The number of aryl methyl sites for hydroxylation is 1. The van der Waals surface area contributed by atoms with Gasteiger partial charge >= 0.3 is 0 Å². The van der Waals surface area contributed by atoms with Crippen LogP contribution in [0.4, 0.5) is 0 Å². The molecule has 1 aliphatic rings. The van der Waals surface area contributed by atoms with E-state index in [-0.39, 0.29) is 0 Å². The maximum Gasteiger partial charge on any atom is 0.0716 e. The fourth-order valence-corrected chi connectivity index (χ4v) is 6.50. The van der Waals surface area contributed by atoms with Crippen LogP contribution >= 0.6 is 0 Å². The third-order valence-corrected chi connectivity index (χ3v) is 8.55. The molecule has 8 rings (SSSR count). The zero-order valence-electron chi connectivity index (χ0n) is 24.0. The molecule has 0 unspecified atom stereocenters. The highest BCUT2D eigenvalue weighted by atomic mass is 14.8. The third kappa shape index (κ3) is 4.49. The van der Waals surface area contributed by atoms with Gasteiger partial charge in [0, 0.05) is 30.1 Å². The average molecular weight is 551 g/mol. The van der Waals surface area contributed by atoms with Crippen molar-refractivity contribution in [1.29, 1.82) is 0 Å². The number of nitrogens with one attached hydrogen (secondary N) is 1. The van der Waals surface area contributed by atoms with Crippen LogP contribution in [-0.4, -0.2) is 11.5 Å². The van der Waals surface area contributed by atoms with Crippen molar-refractivity contribution in [3.63, 3.8) is 0 Å². The molecule has 1 N–H and O–H groups in total. The molecule has 2 heteroatoms. The summed E-state index contributed by atoms with van der Waals surface area (Å²) in [6, 6.07) is 44.4. The molecule has 2 nitrogen and oxygen atoms in total. The lowest BCUT2D eigenvalue weighted by Gasteiger charge is -2.18.